The molecule has 0 atom stereocenters. The molecule has 0 amide bonds. The summed E-state index contributed by atoms with van der Waals surface area (Å²) in [6.07, 6.45) is 6.69. The number of carbonyl (C=O) groups excluding carboxylic acids is 1. The Balaban J connectivity index is 1.86. The fraction of sp³-hybridized carbons (Fsp3) is 0.900. The van der Waals surface area contributed by atoms with E-state index in [4.69, 9.17) is 5.73 Å². The Morgan fingerprint density at radius 1 is 1.42 bits per heavy atom. The van der Waals surface area contributed by atoms with E-state index in [0.29, 0.717) is 18.2 Å². The number of Topliss-reactive ketones (excluding diaryl/α,β-unsaturated/α-hetero) is 1. The number of hydrogen-bond acceptors (Lipinski definition) is 2. The Bertz CT molecular complexity index is 187. The molecule has 0 unspecified atom stereocenters. The second kappa shape index (κ2) is 2.84. The standard InChI is InChI=1S/C10H17NO/c11-7-10(4-1-5-10)6-9(12)8-2-3-8/h8H,1-7,11H2. The molecule has 2 fully saturated rings. The van der Waals surface area contributed by atoms with Crippen molar-refractivity contribution < 1.29 is 4.79 Å². The molecule has 68 valence electrons. The second-order valence-corrected chi connectivity index (χ2v) is 4.48. The lowest BCUT2D eigenvalue weighted by Crippen LogP contribution is -2.39. The monoisotopic (exact) mass is 167 g/mol. The third kappa shape index (κ3) is 1.40. The third-order valence-electron chi connectivity index (χ3n) is 3.43. The van der Waals surface area contributed by atoms with E-state index in [1.807, 2.05) is 0 Å². The van der Waals surface area contributed by atoms with Crippen LogP contribution >= 0.6 is 0 Å². The maximum Gasteiger partial charge on any atom is 0.136 e. The Kier molecular flexibility index (Phi) is 1.95. The average molecular weight is 167 g/mol. The van der Waals surface area contributed by atoms with Gasteiger partial charge in [-0.1, -0.05) is 6.42 Å². The summed E-state index contributed by atoms with van der Waals surface area (Å²) in [6, 6.07) is 0. The fourth-order valence-electron chi connectivity index (χ4n) is 2.05. The first-order valence-corrected chi connectivity index (χ1v) is 4.99. The molecule has 0 spiro atoms. The summed E-state index contributed by atoms with van der Waals surface area (Å²) >= 11 is 0. The van der Waals surface area contributed by atoms with Gasteiger partial charge in [0.1, 0.15) is 5.78 Å². The van der Waals surface area contributed by atoms with Gasteiger partial charge in [0.15, 0.2) is 0 Å². The van der Waals surface area contributed by atoms with E-state index >= 15 is 0 Å². The topological polar surface area (TPSA) is 43.1 Å². The summed E-state index contributed by atoms with van der Waals surface area (Å²) < 4.78 is 0. The number of nitrogens with two attached hydrogens (primary N) is 1. The van der Waals surface area contributed by atoms with Gasteiger partial charge in [-0.25, -0.2) is 0 Å². The molecule has 0 aromatic carbocycles. The van der Waals surface area contributed by atoms with Gasteiger partial charge in [0.2, 0.25) is 0 Å². The molecule has 2 saturated carbocycles. The van der Waals surface area contributed by atoms with Crippen molar-refractivity contribution in [3.05, 3.63) is 0 Å². The molecule has 2 aliphatic carbocycles. The number of rotatable bonds is 4. The summed E-state index contributed by atoms with van der Waals surface area (Å²) in [5, 5.41) is 0. The van der Waals surface area contributed by atoms with Gasteiger partial charge in [-0.05, 0) is 37.6 Å². The first-order chi connectivity index (χ1) is 5.76. The SMILES string of the molecule is NCC1(CC(=O)C2CC2)CCC1. The number of hydrogen-bond donors (Lipinski definition) is 1. The molecule has 2 heteroatoms. The molecule has 0 bridgehead atoms. The maximum atomic E-state index is 11.5. The van der Waals surface area contributed by atoms with Crippen molar-refractivity contribution in [1.29, 1.82) is 0 Å². The van der Waals surface area contributed by atoms with Crippen LogP contribution in [0.5, 0.6) is 0 Å². The maximum absolute atomic E-state index is 11.5. The molecular formula is C10H17NO. The Labute approximate surface area is 73.5 Å². The van der Waals surface area contributed by atoms with Crippen molar-refractivity contribution in [3.8, 4) is 0 Å². The first kappa shape index (κ1) is 8.24. The van der Waals surface area contributed by atoms with Crippen LogP contribution in [0.2, 0.25) is 0 Å². The summed E-state index contributed by atoms with van der Waals surface area (Å²) in [5.74, 6) is 0.911. The normalized spacial score (nSPS) is 26.4. The molecule has 0 radical (unpaired) electrons. The molecule has 2 nitrogen and oxygen atoms in total. The van der Waals surface area contributed by atoms with Crippen LogP contribution in [0.15, 0.2) is 0 Å². The highest BCUT2D eigenvalue weighted by molar-refractivity contribution is 5.83. The van der Waals surface area contributed by atoms with Gasteiger partial charge in [-0.15, -0.1) is 0 Å². The quantitative estimate of drug-likeness (QED) is 0.689. The Hall–Kier alpha value is -0.370. The van der Waals surface area contributed by atoms with Crippen LogP contribution < -0.4 is 5.73 Å². The van der Waals surface area contributed by atoms with Gasteiger partial charge in [-0.3, -0.25) is 4.79 Å². The second-order valence-electron chi connectivity index (χ2n) is 4.48. The number of ketones is 1. The van der Waals surface area contributed by atoms with Crippen molar-refractivity contribution in [2.75, 3.05) is 6.54 Å². The van der Waals surface area contributed by atoms with Crippen LogP contribution in [-0.4, -0.2) is 12.3 Å². The minimum Gasteiger partial charge on any atom is -0.330 e. The lowest BCUT2D eigenvalue weighted by molar-refractivity contribution is -0.123. The van der Waals surface area contributed by atoms with Crippen LogP contribution in [0.1, 0.15) is 38.5 Å². The van der Waals surface area contributed by atoms with Crippen molar-refractivity contribution >= 4 is 5.78 Å². The van der Waals surface area contributed by atoms with Crippen molar-refractivity contribution in [2.24, 2.45) is 17.1 Å². The fourth-order valence-corrected chi connectivity index (χ4v) is 2.05. The highest BCUT2D eigenvalue weighted by Crippen LogP contribution is 2.45. The molecule has 0 heterocycles. The number of carbonyl (C=O) groups is 1. The van der Waals surface area contributed by atoms with Gasteiger partial charge in [-0.2, -0.15) is 0 Å². The van der Waals surface area contributed by atoms with Crippen molar-refractivity contribution in [3.63, 3.8) is 0 Å². The van der Waals surface area contributed by atoms with Crippen LogP contribution in [0.25, 0.3) is 0 Å². The van der Waals surface area contributed by atoms with E-state index in [9.17, 15) is 4.79 Å². The molecular weight excluding hydrogens is 150 g/mol. The van der Waals surface area contributed by atoms with E-state index in [1.165, 1.54) is 19.3 Å². The lowest BCUT2D eigenvalue weighted by Gasteiger charge is -2.40. The zero-order valence-corrected chi connectivity index (χ0v) is 7.51. The van der Waals surface area contributed by atoms with E-state index in [0.717, 1.165) is 19.3 Å². The molecule has 2 rings (SSSR count). The van der Waals surface area contributed by atoms with E-state index in [2.05, 4.69) is 0 Å². The largest absolute Gasteiger partial charge is 0.330 e. The minimum atomic E-state index is 0.236. The Morgan fingerprint density at radius 2 is 2.08 bits per heavy atom. The summed E-state index contributed by atoms with van der Waals surface area (Å²) in [7, 11) is 0. The molecule has 0 aromatic heterocycles. The smallest absolute Gasteiger partial charge is 0.136 e. The predicted molar refractivity (Wildman–Crippen MR) is 47.7 cm³/mol. The lowest BCUT2D eigenvalue weighted by atomic mass is 9.65. The van der Waals surface area contributed by atoms with E-state index in [1.54, 1.807) is 0 Å². The molecule has 0 aliphatic heterocycles. The third-order valence-corrected chi connectivity index (χ3v) is 3.43. The summed E-state index contributed by atoms with van der Waals surface area (Å²) in [4.78, 5) is 11.5. The zero-order valence-electron chi connectivity index (χ0n) is 7.51. The van der Waals surface area contributed by atoms with Crippen LogP contribution in [-0.2, 0) is 4.79 Å². The average Bonchev–Trinajstić information content (AvgIpc) is 2.78. The van der Waals surface area contributed by atoms with E-state index in [-0.39, 0.29) is 5.41 Å². The molecule has 2 N–H and O–H groups in total. The summed E-state index contributed by atoms with van der Waals surface area (Å²) in [6.45, 7) is 0.714. The van der Waals surface area contributed by atoms with E-state index < -0.39 is 0 Å². The predicted octanol–water partition coefficient (Wildman–Crippen LogP) is 1.48. The van der Waals surface area contributed by atoms with Gasteiger partial charge in [0, 0.05) is 12.3 Å². The first-order valence-electron chi connectivity index (χ1n) is 4.99. The van der Waals surface area contributed by atoms with Gasteiger partial charge < -0.3 is 5.73 Å². The van der Waals surface area contributed by atoms with Crippen LogP contribution in [0.4, 0.5) is 0 Å². The highest BCUT2D eigenvalue weighted by atomic mass is 16.1. The van der Waals surface area contributed by atoms with Gasteiger partial charge >= 0.3 is 0 Å². The van der Waals surface area contributed by atoms with Gasteiger partial charge in [0.25, 0.3) is 0 Å². The Morgan fingerprint density at radius 3 is 2.42 bits per heavy atom. The molecule has 2 aliphatic rings. The van der Waals surface area contributed by atoms with Crippen molar-refractivity contribution in [2.45, 2.75) is 38.5 Å². The minimum absolute atomic E-state index is 0.236. The molecule has 0 aromatic rings. The summed E-state index contributed by atoms with van der Waals surface area (Å²) in [5.41, 5.74) is 5.92. The van der Waals surface area contributed by atoms with Crippen LogP contribution in [0, 0.1) is 11.3 Å². The van der Waals surface area contributed by atoms with Crippen molar-refractivity contribution in [1.82, 2.24) is 0 Å². The highest BCUT2D eigenvalue weighted by Gasteiger charge is 2.41. The zero-order chi connectivity index (χ0) is 8.60. The molecule has 0 saturated heterocycles. The van der Waals surface area contributed by atoms with Crippen LogP contribution in [0.3, 0.4) is 0 Å². The van der Waals surface area contributed by atoms with Gasteiger partial charge in [0.05, 0.1) is 0 Å². The molecule has 12 heavy (non-hydrogen) atoms.